The molecule has 0 unspecified atom stereocenters. The number of hydrogen-bond donors (Lipinski definition) is 1. The van der Waals surface area contributed by atoms with Crippen molar-refractivity contribution in [3.05, 3.63) is 10.5 Å². The molecule has 0 saturated carbocycles. The molecule has 88 valence electrons. The first kappa shape index (κ1) is 13.2. The van der Waals surface area contributed by atoms with Gasteiger partial charge in [0.05, 0.1) is 4.91 Å². The first-order valence-corrected chi connectivity index (χ1v) is 6.03. The molecule has 1 aliphatic heterocycles. The fourth-order valence-corrected chi connectivity index (χ4v) is 2.60. The second kappa shape index (κ2) is 4.97. The lowest BCUT2D eigenvalue weighted by molar-refractivity contribution is -0.140. The summed E-state index contributed by atoms with van der Waals surface area (Å²) < 4.78 is 0.322. The Bertz CT molecular complexity index is 388. The van der Waals surface area contributed by atoms with Crippen molar-refractivity contribution in [1.29, 1.82) is 0 Å². The first-order valence-electron chi connectivity index (χ1n) is 4.80. The van der Waals surface area contributed by atoms with Crippen LogP contribution in [0.5, 0.6) is 0 Å². The standard InChI is InChI=1S/C10H13NO3S2/c1-5(2)6(3)8-9(14)11(4-7(12)13)10(15)16-8/h5H,4H2,1-3H3,(H,12,13)/b8-6+. The van der Waals surface area contributed by atoms with Gasteiger partial charge in [0.15, 0.2) is 0 Å². The Morgan fingerprint density at radius 2 is 2.12 bits per heavy atom. The summed E-state index contributed by atoms with van der Waals surface area (Å²) >= 11 is 6.17. The molecule has 1 saturated heterocycles. The third kappa shape index (κ3) is 2.62. The van der Waals surface area contributed by atoms with Crippen molar-refractivity contribution >= 4 is 40.2 Å². The van der Waals surface area contributed by atoms with Crippen LogP contribution in [0.2, 0.25) is 0 Å². The van der Waals surface area contributed by atoms with Crippen LogP contribution in [-0.2, 0) is 9.59 Å². The Hall–Kier alpha value is -0.880. The van der Waals surface area contributed by atoms with Crippen molar-refractivity contribution in [3.8, 4) is 0 Å². The van der Waals surface area contributed by atoms with Gasteiger partial charge in [-0.05, 0) is 12.8 Å². The van der Waals surface area contributed by atoms with E-state index >= 15 is 0 Å². The molecule has 0 aromatic carbocycles. The molecule has 4 nitrogen and oxygen atoms in total. The van der Waals surface area contributed by atoms with Gasteiger partial charge in [-0.1, -0.05) is 43.4 Å². The predicted octanol–water partition coefficient (Wildman–Crippen LogP) is 1.86. The number of carboxylic acid groups (broad SMARTS) is 1. The monoisotopic (exact) mass is 259 g/mol. The fraction of sp³-hybridized carbons (Fsp3) is 0.500. The van der Waals surface area contributed by atoms with Gasteiger partial charge in [0, 0.05) is 0 Å². The molecule has 0 spiro atoms. The highest BCUT2D eigenvalue weighted by atomic mass is 32.2. The van der Waals surface area contributed by atoms with E-state index in [4.69, 9.17) is 17.3 Å². The smallest absolute Gasteiger partial charge is 0.323 e. The van der Waals surface area contributed by atoms with E-state index in [1.165, 1.54) is 11.8 Å². The SMILES string of the molecule is C/C(=C1\SC(=S)N(CC(=O)O)C1=O)C(C)C. The molecule has 6 heteroatoms. The molecule has 1 heterocycles. The lowest BCUT2D eigenvalue weighted by Gasteiger charge is -2.11. The molecule has 1 aliphatic rings. The number of aliphatic carboxylic acids is 1. The van der Waals surface area contributed by atoms with Crippen LogP contribution in [0.25, 0.3) is 0 Å². The highest BCUT2D eigenvalue weighted by Gasteiger charge is 2.34. The third-order valence-corrected chi connectivity index (χ3v) is 3.93. The maximum Gasteiger partial charge on any atom is 0.323 e. The summed E-state index contributed by atoms with van der Waals surface area (Å²) in [6.45, 7) is 5.48. The molecule has 0 aromatic rings. The van der Waals surface area contributed by atoms with Gasteiger partial charge >= 0.3 is 5.97 Å². The molecule has 1 N–H and O–H groups in total. The normalized spacial score (nSPS) is 19.6. The van der Waals surface area contributed by atoms with Crippen LogP contribution in [0.3, 0.4) is 0 Å². The Balaban J connectivity index is 2.99. The molecule has 16 heavy (non-hydrogen) atoms. The maximum absolute atomic E-state index is 11.9. The van der Waals surface area contributed by atoms with Gasteiger partial charge in [0.25, 0.3) is 5.91 Å². The van der Waals surface area contributed by atoms with Crippen LogP contribution in [0.15, 0.2) is 10.5 Å². The summed E-state index contributed by atoms with van der Waals surface area (Å²) in [5.74, 6) is -1.10. The molecular weight excluding hydrogens is 246 g/mol. The highest BCUT2D eigenvalue weighted by Crippen LogP contribution is 2.35. The molecule has 0 aliphatic carbocycles. The Morgan fingerprint density at radius 1 is 1.56 bits per heavy atom. The number of rotatable bonds is 3. The van der Waals surface area contributed by atoms with Crippen LogP contribution >= 0.6 is 24.0 Å². The van der Waals surface area contributed by atoms with E-state index in [1.54, 1.807) is 0 Å². The van der Waals surface area contributed by atoms with Gasteiger partial charge in [0.1, 0.15) is 10.9 Å². The molecule has 0 atom stereocenters. The number of thioether (sulfide) groups is 1. The van der Waals surface area contributed by atoms with Crippen molar-refractivity contribution in [2.24, 2.45) is 5.92 Å². The molecule has 1 rings (SSSR count). The fourth-order valence-electron chi connectivity index (χ4n) is 1.17. The zero-order valence-corrected chi connectivity index (χ0v) is 10.9. The second-order valence-electron chi connectivity index (χ2n) is 3.82. The summed E-state index contributed by atoms with van der Waals surface area (Å²) in [6, 6.07) is 0. The van der Waals surface area contributed by atoms with E-state index < -0.39 is 5.97 Å². The minimum absolute atomic E-state index is 0.249. The van der Waals surface area contributed by atoms with E-state index in [0.717, 1.165) is 10.5 Å². The Kier molecular flexibility index (Phi) is 4.09. The number of amides is 1. The van der Waals surface area contributed by atoms with Gasteiger partial charge in [-0.25, -0.2) is 0 Å². The third-order valence-electron chi connectivity index (χ3n) is 2.37. The Morgan fingerprint density at radius 3 is 2.56 bits per heavy atom. The van der Waals surface area contributed by atoms with E-state index in [0.29, 0.717) is 9.23 Å². The molecular formula is C10H13NO3S2. The highest BCUT2D eigenvalue weighted by molar-refractivity contribution is 8.26. The number of thiocarbonyl (C=S) groups is 1. The zero-order valence-electron chi connectivity index (χ0n) is 9.31. The summed E-state index contributed by atoms with van der Waals surface area (Å²) in [5.41, 5.74) is 0.949. The number of hydrogen-bond acceptors (Lipinski definition) is 4. The van der Waals surface area contributed by atoms with Crippen LogP contribution in [0.1, 0.15) is 20.8 Å². The van der Waals surface area contributed by atoms with E-state index in [9.17, 15) is 9.59 Å². The number of carbonyl (C=O) groups is 2. The van der Waals surface area contributed by atoms with Crippen molar-refractivity contribution in [3.63, 3.8) is 0 Å². The zero-order chi connectivity index (χ0) is 12.5. The van der Waals surface area contributed by atoms with E-state index in [-0.39, 0.29) is 18.4 Å². The van der Waals surface area contributed by atoms with Gasteiger partial charge in [-0.3, -0.25) is 14.5 Å². The second-order valence-corrected chi connectivity index (χ2v) is 5.46. The lowest BCUT2D eigenvalue weighted by atomic mass is 10.0. The van der Waals surface area contributed by atoms with Crippen LogP contribution in [0, 0.1) is 5.92 Å². The molecule has 0 aromatic heterocycles. The quantitative estimate of drug-likeness (QED) is 0.619. The van der Waals surface area contributed by atoms with Crippen molar-refractivity contribution in [2.75, 3.05) is 6.54 Å². The van der Waals surface area contributed by atoms with Crippen LogP contribution < -0.4 is 0 Å². The van der Waals surface area contributed by atoms with Crippen LogP contribution in [0.4, 0.5) is 0 Å². The predicted molar refractivity (Wildman–Crippen MR) is 67.1 cm³/mol. The van der Waals surface area contributed by atoms with E-state index in [1.807, 2.05) is 20.8 Å². The maximum atomic E-state index is 11.9. The molecule has 1 fully saturated rings. The summed E-state index contributed by atoms with van der Waals surface area (Å²) in [4.78, 5) is 24.2. The van der Waals surface area contributed by atoms with Crippen LogP contribution in [-0.4, -0.2) is 32.7 Å². The molecule has 0 radical (unpaired) electrons. The van der Waals surface area contributed by atoms with Gasteiger partial charge < -0.3 is 5.11 Å². The average molecular weight is 259 g/mol. The van der Waals surface area contributed by atoms with Gasteiger partial charge in [-0.2, -0.15) is 0 Å². The number of allylic oxidation sites excluding steroid dienone is 1. The summed E-state index contributed by atoms with van der Waals surface area (Å²) in [5, 5.41) is 8.66. The number of carboxylic acids is 1. The van der Waals surface area contributed by atoms with Gasteiger partial charge in [0.2, 0.25) is 0 Å². The number of nitrogens with zero attached hydrogens (tertiary/aromatic N) is 1. The molecule has 0 bridgehead atoms. The molecule has 1 amide bonds. The average Bonchev–Trinajstić information content (AvgIpc) is 2.44. The minimum Gasteiger partial charge on any atom is -0.480 e. The Labute approximate surface area is 104 Å². The van der Waals surface area contributed by atoms with Crippen molar-refractivity contribution in [1.82, 2.24) is 4.90 Å². The largest absolute Gasteiger partial charge is 0.480 e. The lowest BCUT2D eigenvalue weighted by Crippen LogP contribution is -2.33. The summed E-state index contributed by atoms with van der Waals surface area (Å²) in [7, 11) is 0. The number of carbonyl (C=O) groups excluding carboxylic acids is 1. The van der Waals surface area contributed by atoms with Gasteiger partial charge in [-0.15, -0.1) is 0 Å². The minimum atomic E-state index is -1.06. The van der Waals surface area contributed by atoms with Crippen molar-refractivity contribution < 1.29 is 14.7 Å². The summed E-state index contributed by atoms with van der Waals surface area (Å²) in [6.07, 6.45) is 0. The van der Waals surface area contributed by atoms with Crippen molar-refractivity contribution in [2.45, 2.75) is 20.8 Å². The topological polar surface area (TPSA) is 57.6 Å². The first-order chi connectivity index (χ1) is 7.34. The van der Waals surface area contributed by atoms with E-state index in [2.05, 4.69) is 0 Å².